The number of anilines is 3. The molecule has 186 valence electrons. The maximum atomic E-state index is 12.6. The quantitative estimate of drug-likeness (QED) is 0.264. The second-order valence-corrected chi connectivity index (χ2v) is 8.30. The van der Waals surface area contributed by atoms with Gasteiger partial charge in [-0.2, -0.15) is 0 Å². The number of nitrogens with one attached hydrogen (secondary N) is 2. The van der Waals surface area contributed by atoms with Crippen molar-refractivity contribution in [2.45, 2.75) is 6.54 Å². The van der Waals surface area contributed by atoms with Crippen LogP contribution in [0.25, 0.3) is 11.2 Å². The Morgan fingerprint density at radius 3 is 2.36 bits per heavy atom. The standard InChI is InChI=1S/C24H23ClN6O4S/c1-33-18-10-15(11-19(34-2)22(18)35-3)27-21-12-26-17-8-9-20(28-23(17)29-21)30-24(32)31(36)13-14-6-4-5-7-16(14)25/h4-12,36H,13H2,1-3H3,(H2,27,28,29,30,32). The van der Waals surface area contributed by atoms with Crippen molar-refractivity contribution in [2.24, 2.45) is 0 Å². The Kier molecular flexibility index (Phi) is 7.81. The molecule has 36 heavy (non-hydrogen) atoms. The molecule has 0 aliphatic carbocycles. The summed E-state index contributed by atoms with van der Waals surface area (Å²) in [6.07, 6.45) is 1.57. The summed E-state index contributed by atoms with van der Waals surface area (Å²) in [6, 6.07) is 13.6. The molecule has 2 aromatic carbocycles. The minimum Gasteiger partial charge on any atom is -0.493 e. The second-order valence-electron chi connectivity index (χ2n) is 7.41. The number of benzene rings is 2. The number of urea groups is 1. The summed E-state index contributed by atoms with van der Waals surface area (Å²) in [5.41, 5.74) is 2.31. The molecule has 10 nitrogen and oxygen atoms in total. The predicted octanol–water partition coefficient (Wildman–Crippen LogP) is 5.33. The molecule has 2 aromatic heterocycles. The van der Waals surface area contributed by atoms with Crippen molar-refractivity contribution >= 4 is 58.9 Å². The molecule has 4 aromatic rings. The van der Waals surface area contributed by atoms with Gasteiger partial charge in [-0.1, -0.05) is 42.6 Å². The number of methoxy groups -OCH3 is 3. The van der Waals surface area contributed by atoms with Gasteiger partial charge in [-0.05, 0) is 23.8 Å². The van der Waals surface area contributed by atoms with Gasteiger partial charge in [-0.25, -0.2) is 19.7 Å². The van der Waals surface area contributed by atoms with E-state index < -0.39 is 6.03 Å². The fraction of sp³-hybridized carbons (Fsp3) is 0.167. The minimum atomic E-state index is -0.468. The highest BCUT2D eigenvalue weighted by atomic mass is 35.5. The van der Waals surface area contributed by atoms with Crippen molar-refractivity contribution in [3.8, 4) is 17.2 Å². The maximum absolute atomic E-state index is 12.6. The number of nitrogens with zero attached hydrogens (tertiary/aromatic N) is 4. The lowest BCUT2D eigenvalue weighted by atomic mass is 10.2. The van der Waals surface area contributed by atoms with Gasteiger partial charge in [0.25, 0.3) is 0 Å². The Labute approximate surface area is 218 Å². The molecule has 2 heterocycles. The van der Waals surface area contributed by atoms with Gasteiger partial charge < -0.3 is 19.5 Å². The van der Waals surface area contributed by atoms with Crippen LogP contribution in [-0.2, 0) is 6.54 Å². The number of hydrogen-bond donors (Lipinski definition) is 3. The molecule has 4 rings (SSSR count). The van der Waals surface area contributed by atoms with Crippen molar-refractivity contribution < 1.29 is 19.0 Å². The predicted molar refractivity (Wildman–Crippen MR) is 142 cm³/mol. The maximum Gasteiger partial charge on any atom is 0.333 e. The first-order valence-electron chi connectivity index (χ1n) is 10.6. The molecular weight excluding hydrogens is 504 g/mol. The number of hydrogen-bond acceptors (Lipinski definition) is 9. The third kappa shape index (κ3) is 5.64. The van der Waals surface area contributed by atoms with Gasteiger partial charge in [0.15, 0.2) is 23.0 Å². The van der Waals surface area contributed by atoms with E-state index in [1.54, 1.807) is 36.5 Å². The topological polar surface area (TPSA) is 111 Å². The van der Waals surface area contributed by atoms with Crippen LogP contribution in [0.3, 0.4) is 0 Å². The number of ether oxygens (including phenoxy) is 3. The first-order valence-corrected chi connectivity index (χ1v) is 11.4. The lowest BCUT2D eigenvalue weighted by molar-refractivity contribution is 0.238. The summed E-state index contributed by atoms with van der Waals surface area (Å²) in [4.78, 5) is 25.9. The Hall–Kier alpha value is -3.96. The van der Waals surface area contributed by atoms with E-state index in [4.69, 9.17) is 25.8 Å². The van der Waals surface area contributed by atoms with Crippen molar-refractivity contribution in [3.63, 3.8) is 0 Å². The van der Waals surface area contributed by atoms with Crippen molar-refractivity contribution in [1.29, 1.82) is 0 Å². The molecule has 2 N–H and O–H groups in total. The third-order valence-electron chi connectivity index (χ3n) is 5.09. The zero-order chi connectivity index (χ0) is 25.7. The lowest BCUT2D eigenvalue weighted by Crippen LogP contribution is -2.27. The highest BCUT2D eigenvalue weighted by Gasteiger charge is 2.15. The first kappa shape index (κ1) is 25.1. The SMILES string of the molecule is COc1cc(Nc2cnc3ccc(NC(=O)N(S)Cc4ccccc4Cl)nc3n2)cc(OC)c1OC. The zero-order valence-electron chi connectivity index (χ0n) is 19.7. The second kappa shape index (κ2) is 11.2. The van der Waals surface area contributed by atoms with E-state index in [0.29, 0.717) is 50.8 Å². The Balaban J connectivity index is 1.52. The Bertz CT molecular complexity index is 1380. The van der Waals surface area contributed by atoms with Gasteiger partial charge in [0, 0.05) is 22.8 Å². The van der Waals surface area contributed by atoms with E-state index in [-0.39, 0.29) is 6.54 Å². The summed E-state index contributed by atoms with van der Waals surface area (Å²) >= 11 is 10.4. The normalized spacial score (nSPS) is 10.6. The zero-order valence-corrected chi connectivity index (χ0v) is 21.3. The number of pyridine rings is 1. The van der Waals surface area contributed by atoms with Crippen LogP contribution in [0.4, 0.5) is 22.1 Å². The number of carbonyl (C=O) groups excluding carboxylic acids is 1. The summed E-state index contributed by atoms with van der Waals surface area (Å²) in [5.74, 6) is 2.19. The molecular formula is C24H23ClN6O4S. The number of aromatic nitrogens is 3. The van der Waals surface area contributed by atoms with Crippen LogP contribution < -0.4 is 24.8 Å². The van der Waals surface area contributed by atoms with Gasteiger partial charge in [-0.15, -0.1) is 0 Å². The van der Waals surface area contributed by atoms with E-state index in [1.165, 1.54) is 25.6 Å². The van der Waals surface area contributed by atoms with E-state index in [0.717, 1.165) is 5.56 Å². The van der Waals surface area contributed by atoms with Crippen LogP contribution in [-0.4, -0.2) is 46.6 Å². The molecule has 2 amide bonds. The van der Waals surface area contributed by atoms with Gasteiger partial charge in [-0.3, -0.25) is 9.62 Å². The van der Waals surface area contributed by atoms with Gasteiger partial charge in [0.1, 0.15) is 11.3 Å². The number of halogens is 1. The average Bonchev–Trinajstić information content (AvgIpc) is 2.89. The van der Waals surface area contributed by atoms with Crippen molar-refractivity contribution in [2.75, 3.05) is 32.0 Å². The van der Waals surface area contributed by atoms with Crippen LogP contribution in [0.15, 0.2) is 54.7 Å². The van der Waals surface area contributed by atoms with Gasteiger partial charge in [0.05, 0.1) is 34.1 Å². The fourth-order valence-corrected chi connectivity index (χ4v) is 3.76. The summed E-state index contributed by atoms with van der Waals surface area (Å²) in [5, 5.41) is 6.42. The largest absolute Gasteiger partial charge is 0.493 e. The lowest BCUT2D eigenvalue weighted by Gasteiger charge is -2.17. The van der Waals surface area contributed by atoms with Crippen molar-refractivity contribution in [3.05, 3.63) is 65.3 Å². The van der Waals surface area contributed by atoms with Crippen LogP contribution in [0, 0.1) is 0 Å². The summed E-state index contributed by atoms with van der Waals surface area (Å²) < 4.78 is 17.3. The fourth-order valence-electron chi connectivity index (χ4n) is 3.36. The summed E-state index contributed by atoms with van der Waals surface area (Å²) in [7, 11) is 4.61. The number of carbonyl (C=O) groups is 1. The molecule has 0 saturated heterocycles. The van der Waals surface area contributed by atoms with Crippen LogP contribution >= 0.6 is 24.4 Å². The monoisotopic (exact) mass is 526 g/mol. The smallest absolute Gasteiger partial charge is 0.333 e. The van der Waals surface area contributed by atoms with E-state index >= 15 is 0 Å². The number of amides is 2. The number of fused-ring (bicyclic) bond motifs is 1. The van der Waals surface area contributed by atoms with Gasteiger partial charge >= 0.3 is 6.03 Å². The Morgan fingerprint density at radius 1 is 1.00 bits per heavy atom. The molecule has 0 saturated carbocycles. The molecule has 12 heteroatoms. The molecule has 0 atom stereocenters. The molecule has 0 aliphatic heterocycles. The molecule has 0 aliphatic rings. The van der Waals surface area contributed by atoms with E-state index in [2.05, 4.69) is 38.4 Å². The highest BCUT2D eigenvalue weighted by Crippen LogP contribution is 2.40. The summed E-state index contributed by atoms with van der Waals surface area (Å²) in [6.45, 7) is 0.213. The first-order chi connectivity index (χ1) is 17.4. The molecule has 0 spiro atoms. The molecule has 0 bridgehead atoms. The van der Waals surface area contributed by atoms with E-state index in [1.807, 2.05) is 18.2 Å². The van der Waals surface area contributed by atoms with Gasteiger partial charge in [0.2, 0.25) is 5.75 Å². The third-order valence-corrected chi connectivity index (χ3v) is 5.78. The molecule has 0 unspecified atom stereocenters. The van der Waals surface area contributed by atoms with Crippen LogP contribution in [0.5, 0.6) is 17.2 Å². The van der Waals surface area contributed by atoms with Crippen LogP contribution in [0.2, 0.25) is 5.02 Å². The highest BCUT2D eigenvalue weighted by molar-refractivity contribution is 7.78. The van der Waals surface area contributed by atoms with E-state index in [9.17, 15) is 4.79 Å². The Morgan fingerprint density at radius 2 is 1.69 bits per heavy atom. The van der Waals surface area contributed by atoms with Crippen molar-refractivity contribution in [1.82, 2.24) is 19.3 Å². The number of thiol groups is 1. The number of rotatable bonds is 8. The molecule has 0 fully saturated rings. The molecule has 0 radical (unpaired) electrons. The van der Waals surface area contributed by atoms with Crippen LogP contribution in [0.1, 0.15) is 5.56 Å². The minimum absolute atomic E-state index is 0.213. The average molecular weight is 527 g/mol.